The summed E-state index contributed by atoms with van der Waals surface area (Å²) in [6, 6.07) is 3.92. The third kappa shape index (κ3) is 4.77. The van der Waals surface area contributed by atoms with Gasteiger partial charge in [0.05, 0.1) is 6.42 Å². The van der Waals surface area contributed by atoms with Crippen molar-refractivity contribution in [3.8, 4) is 0 Å². The van der Waals surface area contributed by atoms with Crippen molar-refractivity contribution in [2.45, 2.75) is 31.5 Å². The van der Waals surface area contributed by atoms with Gasteiger partial charge in [-0.25, -0.2) is 0 Å². The molecule has 132 valence electrons. The van der Waals surface area contributed by atoms with E-state index in [0.717, 1.165) is 0 Å². The maximum Gasteiger partial charge on any atom is 0.405 e. The smallest absolute Gasteiger partial charge is 0.345 e. The number of carbonyl (C=O) groups is 2. The third-order valence-electron chi connectivity index (χ3n) is 3.73. The van der Waals surface area contributed by atoms with E-state index in [2.05, 4.69) is 0 Å². The lowest BCUT2D eigenvalue weighted by atomic mass is 10.1. The van der Waals surface area contributed by atoms with E-state index >= 15 is 0 Å². The topological polar surface area (TPSA) is 49.4 Å². The Hall–Kier alpha value is -1.47. The molecule has 1 N–H and O–H groups in total. The summed E-state index contributed by atoms with van der Waals surface area (Å²) < 4.78 is 36.6. The molecule has 1 heterocycles. The first-order valence-corrected chi connectivity index (χ1v) is 8.01. The van der Waals surface area contributed by atoms with E-state index in [0.29, 0.717) is 35.0 Å². The van der Waals surface area contributed by atoms with Gasteiger partial charge in [0, 0.05) is 16.6 Å². The van der Waals surface area contributed by atoms with Gasteiger partial charge in [-0.2, -0.15) is 13.2 Å². The quantitative estimate of drug-likeness (QED) is 0.868. The molecule has 4 nitrogen and oxygen atoms in total. The molecule has 1 saturated heterocycles. The summed E-state index contributed by atoms with van der Waals surface area (Å²) in [7, 11) is 0. The van der Waals surface area contributed by atoms with E-state index in [-0.39, 0.29) is 6.42 Å². The van der Waals surface area contributed by atoms with Crippen molar-refractivity contribution in [3.05, 3.63) is 33.8 Å². The third-order valence-corrected chi connectivity index (χ3v) is 4.44. The van der Waals surface area contributed by atoms with Crippen LogP contribution in [0.3, 0.4) is 0 Å². The van der Waals surface area contributed by atoms with Gasteiger partial charge >= 0.3 is 6.18 Å². The summed E-state index contributed by atoms with van der Waals surface area (Å²) in [5.41, 5.74) is 0.437. The molecular formula is C15H15Cl2F3N2O2. The molecule has 1 aliphatic heterocycles. The molecule has 2 amide bonds. The highest BCUT2D eigenvalue weighted by Gasteiger charge is 2.36. The van der Waals surface area contributed by atoms with Gasteiger partial charge in [-0.15, -0.1) is 0 Å². The Kier molecular flexibility index (Phi) is 5.98. The molecule has 1 aliphatic rings. The minimum Gasteiger partial charge on any atom is -0.345 e. The molecule has 0 saturated carbocycles. The van der Waals surface area contributed by atoms with Crippen molar-refractivity contribution in [3.63, 3.8) is 0 Å². The molecule has 9 heteroatoms. The van der Waals surface area contributed by atoms with Gasteiger partial charge in [0.25, 0.3) is 0 Å². The minimum absolute atomic E-state index is 0.110. The molecule has 1 atom stereocenters. The first-order valence-electron chi connectivity index (χ1n) is 7.26. The van der Waals surface area contributed by atoms with Gasteiger partial charge in [-0.3, -0.25) is 9.59 Å². The normalized spacial score (nSPS) is 17.9. The van der Waals surface area contributed by atoms with E-state index in [1.165, 1.54) is 4.90 Å². The minimum atomic E-state index is -4.49. The SMILES string of the molecule is O=C(NCC(F)(F)F)C1CCCN1C(=O)Cc1c(Cl)cccc1Cl. The number of nitrogens with zero attached hydrogens (tertiary/aromatic N) is 1. The highest BCUT2D eigenvalue weighted by Crippen LogP contribution is 2.27. The van der Waals surface area contributed by atoms with E-state index < -0.39 is 30.6 Å². The number of alkyl halides is 3. The lowest BCUT2D eigenvalue weighted by Gasteiger charge is -2.24. The van der Waals surface area contributed by atoms with Crippen molar-refractivity contribution in [1.29, 1.82) is 0 Å². The predicted molar refractivity (Wildman–Crippen MR) is 84.0 cm³/mol. The maximum absolute atomic E-state index is 12.4. The number of hydrogen-bond donors (Lipinski definition) is 1. The zero-order valence-electron chi connectivity index (χ0n) is 12.5. The largest absolute Gasteiger partial charge is 0.405 e. The molecule has 0 bridgehead atoms. The Morgan fingerprint density at radius 1 is 1.25 bits per heavy atom. The average molecular weight is 383 g/mol. The van der Waals surface area contributed by atoms with Gasteiger partial charge in [-0.05, 0) is 30.5 Å². The lowest BCUT2D eigenvalue weighted by Crippen LogP contribution is -2.48. The molecule has 24 heavy (non-hydrogen) atoms. The van der Waals surface area contributed by atoms with Crippen molar-refractivity contribution in [2.75, 3.05) is 13.1 Å². The van der Waals surface area contributed by atoms with E-state index in [1.807, 2.05) is 5.32 Å². The summed E-state index contributed by atoms with van der Waals surface area (Å²) in [4.78, 5) is 25.7. The van der Waals surface area contributed by atoms with Crippen LogP contribution in [0.15, 0.2) is 18.2 Å². The molecule has 1 aromatic rings. The van der Waals surface area contributed by atoms with Crippen molar-refractivity contribution >= 4 is 35.0 Å². The molecule has 0 aliphatic carbocycles. The van der Waals surface area contributed by atoms with Crippen LogP contribution in [0.2, 0.25) is 10.0 Å². The number of rotatable bonds is 4. The Morgan fingerprint density at radius 3 is 2.46 bits per heavy atom. The highest BCUT2D eigenvalue weighted by atomic mass is 35.5. The van der Waals surface area contributed by atoms with Gasteiger partial charge in [0.2, 0.25) is 11.8 Å². The Balaban J connectivity index is 2.04. The van der Waals surface area contributed by atoms with Crippen LogP contribution in [0.25, 0.3) is 0 Å². The molecule has 0 radical (unpaired) electrons. The fourth-order valence-corrected chi connectivity index (χ4v) is 3.13. The second kappa shape index (κ2) is 7.61. The number of carbonyl (C=O) groups excluding carboxylic acids is 2. The number of hydrogen-bond acceptors (Lipinski definition) is 2. The summed E-state index contributed by atoms with van der Waals surface area (Å²) >= 11 is 12.0. The summed E-state index contributed by atoms with van der Waals surface area (Å²) in [6.45, 7) is -1.11. The molecular weight excluding hydrogens is 368 g/mol. The van der Waals surface area contributed by atoms with Crippen LogP contribution < -0.4 is 5.32 Å². The molecule has 1 aromatic carbocycles. The molecule has 1 fully saturated rings. The van der Waals surface area contributed by atoms with Crippen molar-refractivity contribution in [1.82, 2.24) is 10.2 Å². The Bertz CT molecular complexity index is 617. The molecule has 2 rings (SSSR count). The fourth-order valence-electron chi connectivity index (χ4n) is 2.60. The predicted octanol–water partition coefficient (Wildman–Crippen LogP) is 3.21. The van der Waals surface area contributed by atoms with Crippen LogP contribution in [-0.4, -0.2) is 42.0 Å². The highest BCUT2D eigenvalue weighted by molar-refractivity contribution is 6.36. The lowest BCUT2D eigenvalue weighted by molar-refractivity contribution is -0.144. The van der Waals surface area contributed by atoms with Crippen LogP contribution in [-0.2, 0) is 16.0 Å². The number of halogens is 5. The summed E-state index contributed by atoms with van der Waals surface area (Å²) in [5, 5.41) is 2.48. The van der Waals surface area contributed by atoms with Gasteiger partial charge in [0.1, 0.15) is 12.6 Å². The van der Waals surface area contributed by atoms with Crippen LogP contribution in [0.5, 0.6) is 0 Å². The standard InChI is InChI=1S/C15H15Cl2F3N2O2/c16-10-3-1-4-11(17)9(10)7-13(23)22-6-2-5-12(22)14(24)21-8-15(18,19)20/h1,3-4,12H,2,5-8H2,(H,21,24). The van der Waals surface area contributed by atoms with Crippen molar-refractivity contribution in [2.24, 2.45) is 0 Å². The monoisotopic (exact) mass is 382 g/mol. The molecule has 0 aromatic heterocycles. The molecule has 0 spiro atoms. The Labute approximate surface area is 146 Å². The van der Waals surface area contributed by atoms with Crippen LogP contribution >= 0.6 is 23.2 Å². The van der Waals surface area contributed by atoms with Gasteiger partial charge < -0.3 is 10.2 Å². The van der Waals surface area contributed by atoms with Gasteiger partial charge in [0.15, 0.2) is 0 Å². The van der Waals surface area contributed by atoms with Crippen LogP contribution in [0.4, 0.5) is 13.2 Å². The average Bonchev–Trinajstić information content (AvgIpc) is 2.97. The van der Waals surface area contributed by atoms with E-state index in [1.54, 1.807) is 18.2 Å². The summed E-state index contributed by atoms with van der Waals surface area (Å²) in [5.74, 6) is -1.20. The Morgan fingerprint density at radius 2 is 1.88 bits per heavy atom. The second-order valence-corrected chi connectivity index (χ2v) is 6.27. The molecule has 1 unspecified atom stereocenters. The van der Waals surface area contributed by atoms with Gasteiger partial charge in [-0.1, -0.05) is 29.3 Å². The zero-order chi connectivity index (χ0) is 17.9. The van der Waals surface area contributed by atoms with Crippen LogP contribution in [0, 0.1) is 0 Å². The zero-order valence-corrected chi connectivity index (χ0v) is 14.0. The number of nitrogens with one attached hydrogen (secondary N) is 1. The first kappa shape index (κ1) is 18.9. The number of amides is 2. The van der Waals surface area contributed by atoms with E-state index in [4.69, 9.17) is 23.2 Å². The maximum atomic E-state index is 12.4. The number of benzene rings is 1. The van der Waals surface area contributed by atoms with Crippen LogP contribution in [0.1, 0.15) is 18.4 Å². The first-order chi connectivity index (χ1) is 11.2. The van der Waals surface area contributed by atoms with E-state index in [9.17, 15) is 22.8 Å². The van der Waals surface area contributed by atoms with Crippen molar-refractivity contribution < 1.29 is 22.8 Å². The summed E-state index contributed by atoms with van der Waals surface area (Å²) in [6.07, 6.45) is -3.73. The second-order valence-electron chi connectivity index (χ2n) is 5.46. The number of likely N-dealkylation sites (tertiary alicyclic amines) is 1. The fraction of sp³-hybridized carbons (Fsp3) is 0.467.